The summed E-state index contributed by atoms with van der Waals surface area (Å²) in [5, 5.41) is 15.6. The van der Waals surface area contributed by atoms with E-state index in [4.69, 9.17) is 23.2 Å². The third-order valence-electron chi connectivity index (χ3n) is 4.09. The molecule has 4 nitrogen and oxygen atoms in total. The number of hydrogen-bond donors (Lipinski definition) is 1. The van der Waals surface area contributed by atoms with Gasteiger partial charge < -0.3 is 5.11 Å². The van der Waals surface area contributed by atoms with E-state index in [9.17, 15) is 9.90 Å². The molecular formula is C20H12Cl2N2O2. The molecule has 0 atom stereocenters. The van der Waals surface area contributed by atoms with E-state index in [1.54, 1.807) is 12.1 Å². The first kappa shape index (κ1) is 16.6. The number of benzene rings is 3. The Morgan fingerprint density at radius 1 is 0.885 bits per heavy atom. The molecule has 6 heteroatoms. The molecule has 0 unspecified atom stereocenters. The molecule has 128 valence electrons. The number of halogens is 2. The quantitative estimate of drug-likeness (QED) is 0.526. The van der Waals surface area contributed by atoms with Crippen LogP contribution >= 0.6 is 23.2 Å². The highest BCUT2D eigenvalue weighted by Gasteiger charge is 2.20. The summed E-state index contributed by atoms with van der Waals surface area (Å²) in [6, 6.07) is 19.6. The van der Waals surface area contributed by atoms with Gasteiger partial charge in [-0.15, -0.1) is 0 Å². The van der Waals surface area contributed by atoms with Crippen molar-refractivity contribution in [2.24, 2.45) is 0 Å². The molecule has 0 aliphatic heterocycles. The third kappa shape index (κ3) is 2.64. The van der Waals surface area contributed by atoms with E-state index in [-0.39, 0.29) is 26.6 Å². The van der Waals surface area contributed by atoms with Gasteiger partial charge in [-0.1, -0.05) is 71.7 Å². The molecule has 4 aromatic rings. The molecule has 1 aromatic heterocycles. The first-order valence-corrected chi connectivity index (χ1v) is 8.58. The van der Waals surface area contributed by atoms with E-state index >= 15 is 0 Å². The van der Waals surface area contributed by atoms with Crippen LogP contribution < -0.4 is 5.56 Å². The number of phenolic OH excluding ortho intramolecular Hbond substituents is 1. The predicted octanol–water partition coefficient (Wildman–Crippen LogP) is 5.07. The van der Waals surface area contributed by atoms with Crippen LogP contribution in [0.25, 0.3) is 27.7 Å². The van der Waals surface area contributed by atoms with Crippen molar-refractivity contribution in [2.75, 3.05) is 0 Å². The van der Waals surface area contributed by atoms with Gasteiger partial charge in [-0.2, -0.15) is 9.78 Å². The second-order valence-corrected chi connectivity index (χ2v) is 6.49. The molecule has 1 N–H and O–H groups in total. The van der Waals surface area contributed by atoms with Crippen molar-refractivity contribution in [1.29, 1.82) is 0 Å². The maximum absolute atomic E-state index is 13.1. The lowest BCUT2D eigenvalue weighted by atomic mass is 10.0. The Morgan fingerprint density at radius 3 is 2.15 bits per heavy atom. The number of rotatable bonds is 2. The van der Waals surface area contributed by atoms with Crippen LogP contribution in [0.3, 0.4) is 0 Å². The minimum absolute atomic E-state index is 0.0914. The SMILES string of the molecule is O=c1c2c(Cl)c(Cl)cc(O)c2c(-c2ccccc2)nn1-c1ccccc1. The molecule has 26 heavy (non-hydrogen) atoms. The zero-order chi connectivity index (χ0) is 18.3. The predicted molar refractivity (Wildman–Crippen MR) is 104 cm³/mol. The van der Waals surface area contributed by atoms with Crippen molar-refractivity contribution in [3.8, 4) is 22.7 Å². The van der Waals surface area contributed by atoms with Crippen molar-refractivity contribution in [3.63, 3.8) is 0 Å². The molecule has 0 bridgehead atoms. The summed E-state index contributed by atoms with van der Waals surface area (Å²) in [5.74, 6) is -0.141. The smallest absolute Gasteiger partial charge is 0.281 e. The zero-order valence-electron chi connectivity index (χ0n) is 13.4. The van der Waals surface area contributed by atoms with Crippen molar-refractivity contribution >= 4 is 34.0 Å². The van der Waals surface area contributed by atoms with E-state index in [2.05, 4.69) is 5.10 Å². The maximum atomic E-state index is 13.1. The van der Waals surface area contributed by atoms with Crippen LogP contribution in [0, 0.1) is 0 Å². The maximum Gasteiger partial charge on any atom is 0.281 e. The minimum atomic E-state index is -0.450. The van der Waals surface area contributed by atoms with Crippen molar-refractivity contribution < 1.29 is 5.11 Å². The van der Waals surface area contributed by atoms with Gasteiger partial charge in [0.25, 0.3) is 5.56 Å². The fourth-order valence-corrected chi connectivity index (χ4v) is 3.32. The second-order valence-electron chi connectivity index (χ2n) is 5.71. The van der Waals surface area contributed by atoms with Gasteiger partial charge in [0.05, 0.1) is 26.5 Å². The van der Waals surface area contributed by atoms with E-state index in [0.29, 0.717) is 11.4 Å². The Hall–Kier alpha value is -2.82. The summed E-state index contributed by atoms with van der Waals surface area (Å²) in [5.41, 5.74) is 1.33. The van der Waals surface area contributed by atoms with Crippen LogP contribution in [0.15, 0.2) is 71.5 Å². The van der Waals surface area contributed by atoms with Gasteiger partial charge in [-0.25, -0.2) is 0 Å². The third-order valence-corrected chi connectivity index (χ3v) is 4.88. The van der Waals surface area contributed by atoms with Gasteiger partial charge in [0.15, 0.2) is 0 Å². The molecule has 0 amide bonds. The molecular weight excluding hydrogens is 371 g/mol. The number of aromatic nitrogens is 2. The first-order chi connectivity index (χ1) is 12.6. The highest BCUT2D eigenvalue weighted by atomic mass is 35.5. The van der Waals surface area contributed by atoms with E-state index < -0.39 is 5.56 Å². The lowest BCUT2D eigenvalue weighted by Crippen LogP contribution is -2.22. The number of para-hydroxylation sites is 1. The molecule has 4 rings (SSSR count). The Bertz CT molecular complexity index is 1170. The largest absolute Gasteiger partial charge is 0.507 e. The Labute approximate surface area is 158 Å². The Balaban J connectivity index is 2.21. The molecule has 0 saturated carbocycles. The summed E-state index contributed by atoms with van der Waals surface area (Å²) in [7, 11) is 0. The topological polar surface area (TPSA) is 55.1 Å². The summed E-state index contributed by atoms with van der Waals surface area (Å²) >= 11 is 12.4. The highest BCUT2D eigenvalue weighted by Crippen LogP contribution is 2.39. The van der Waals surface area contributed by atoms with Gasteiger partial charge >= 0.3 is 0 Å². The van der Waals surface area contributed by atoms with Crippen LogP contribution in [0.1, 0.15) is 0 Å². The van der Waals surface area contributed by atoms with Gasteiger partial charge in [-0.05, 0) is 12.1 Å². The molecule has 0 aliphatic carbocycles. The number of fused-ring (bicyclic) bond motifs is 1. The second kappa shape index (κ2) is 6.48. The molecule has 0 spiro atoms. The number of nitrogens with zero attached hydrogens (tertiary/aromatic N) is 2. The Morgan fingerprint density at radius 2 is 1.50 bits per heavy atom. The molecule has 1 heterocycles. The van der Waals surface area contributed by atoms with Crippen LogP contribution in [-0.2, 0) is 0 Å². The van der Waals surface area contributed by atoms with E-state index in [1.165, 1.54) is 10.7 Å². The van der Waals surface area contributed by atoms with Gasteiger partial charge in [0, 0.05) is 11.6 Å². The summed E-state index contributed by atoms with van der Waals surface area (Å²) < 4.78 is 1.27. The summed E-state index contributed by atoms with van der Waals surface area (Å²) in [6.07, 6.45) is 0. The molecule has 3 aromatic carbocycles. The summed E-state index contributed by atoms with van der Waals surface area (Å²) in [6.45, 7) is 0. The van der Waals surface area contributed by atoms with E-state index in [0.717, 1.165) is 5.56 Å². The van der Waals surface area contributed by atoms with Crippen LogP contribution in [-0.4, -0.2) is 14.9 Å². The Kier molecular flexibility index (Phi) is 4.15. The van der Waals surface area contributed by atoms with Gasteiger partial charge in [0.2, 0.25) is 0 Å². The number of aromatic hydroxyl groups is 1. The average molecular weight is 383 g/mol. The average Bonchev–Trinajstić information content (AvgIpc) is 2.67. The molecule has 0 aliphatic rings. The van der Waals surface area contributed by atoms with Crippen molar-refractivity contribution in [2.45, 2.75) is 0 Å². The molecule has 0 saturated heterocycles. The van der Waals surface area contributed by atoms with Crippen LogP contribution in [0.4, 0.5) is 0 Å². The van der Waals surface area contributed by atoms with Crippen molar-refractivity contribution in [1.82, 2.24) is 9.78 Å². The molecule has 0 radical (unpaired) electrons. The highest BCUT2D eigenvalue weighted by molar-refractivity contribution is 6.45. The summed E-state index contributed by atoms with van der Waals surface area (Å²) in [4.78, 5) is 13.1. The van der Waals surface area contributed by atoms with Crippen molar-refractivity contribution in [3.05, 3.63) is 87.1 Å². The lowest BCUT2D eigenvalue weighted by Gasteiger charge is -2.14. The lowest BCUT2D eigenvalue weighted by molar-refractivity contribution is 0.481. The van der Waals surface area contributed by atoms with Gasteiger partial charge in [0.1, 0.15) is 11.4 Å². The normalized spacial score (nSPS) is 11.0. The minimum Gasteiger partial charge on any atom is -0.507 e. The number of phenols is 1. The standard InChI is InChI=1S/C20H12Cl2N2O2/c21-14-11-15(25)16-17(18(14)22)20(26)24(13-9-5-2-6-10-13)23-19(16)12-7-3-1-4-8-12/h1-11,25H. The van der Waals surface area contributed by atoms with Crippen LogP contribution in [0.2, 0.25) is 10.0 Å². The monoisotopic (exact) mass is 382 g/mol. The fraction of sp³-hybridized carbons (Fsp3) is 0. The van der Waals surface area contributed by atoms with E-state index in [1.807, 2.05) is 48.5 Å². The van der Waals surface area contributed by atoms with Crippen LogP contribution in [0.5, 0.6) is 5.75 Å². The zero-order valence-corrected chi connectivity index (χ0v) is 14.9. The molecule has 0 fully saturated rings. The first-order valence-electron chi connectivity index (χ1n) is 7.83. The fourth-order valence-electron chi connectivity index (χ4n) is 2.90. The van der Waals surface area contributed by atoms with Gasteiger partial charge in [-0.3, -0.25) is 4.79 Å². The number of hydrogen-bond acceptors (Lipinski definition) is 3.